The van der Waals surface area contributed by atoms with Crippen molar-refractivity contribution in [1.82, 2.24) is 0 Å². The minimum absolute atomic E-state index is 0.339. The number of halogens is 1. The van der Waals surface area contributed by atoms with E-state index >= 15 is 0 Å². The van der Waals surface area contributed by atoms with E-state index in [1.165, 1.54) is 0 Å². The number of carbonyl (C=O) groups is 2. The zero-order valence-electron chi connectivity index (χ0n) is 11.5. The van der Waals surface area contributed by atoms with Crippen LogP contribution in [0.4, 0.5) is 5.69 Å². The van der Waals surface area contributed by atoms with Crippen molar-refractivity contribution >= 4 is 33.5 Å². The second-order valence-corrected chi connectivity index (χ2v) is 5.57. The summed E-state index contributed by atoms with van der Waals surface area (Å²) in [5, 5.41) is 11.6. The number of hydrogen-bond acceptors (Lipinski definition) is 4. The molecule has 1 aliphatic rings. The molecule has 6 nitrogen and oxygen atoms in total. The third kappa shape index (κ3) is 3.81. The summed E-state index contributed by atoms with van der Waals surface area (Å²) in [6, 6.07) is 5.42. The van der Waals surface area contributed by atoms with Crippen LogP contribution in [0.5, 0.6) is 0 Å². The largest absolute Gasteiger partial charge is 0.479 e. The number of benzene rings is 1. The van der Waals surface area contributed by atoms with Gasteiger partial charge in [-0.1, -0.05) is 22.0 Å². The maximum Gasteiger partial charge on any atom is 0.332 e. The highest BCUT2D eigenvalue weighted by atomic mass is 79.9. The summed E-state index contributed by atoms with van der Waals surface area (Å²) in [4.78, 5) is 23.0. The fraction of sp³-hybridized carbons (Fsp3) is 0.429. The lowest BCUT2D eigenvalue weighted by Gasteiger charge is -2.15. The van der Waals surface area contributed by atoms with Gasteiger partial charge in [0.1, 0.15) is 6.10 Å². The van der Waals surface area contributed by atoms with Crippen molar-refractivity contribution in [1.29, 1.82) is 0 Å². The Labute approximate surface area is 130 Å². The lowest BCUT2D eigenvalue weighted by atomic mass is 10.1. The molecule has 0 bridgehead atoms. The number of carboxylic acids is 1. The lowest BCUT2D eigenvalue weighted by molar-refractivity contribution is -0.150. The SMILES string of the molecule is COCc1c(Br)cccc1NC(=O)[C@@H]1CC[C@H](C(=O)O)O1. The molecule has 21 heavy (non-hydrogen) atoms. The van der Waals surface area contributed by atoms with E-state index in [0.29, 0.717) is 25.1 Å². The van der Waals surface area contributed by atoms with Gasteiger partial charge in [0.05, 0.1) is 6.61 Å². The average Bonchev–Trinajstić information content (AvgIpc) is 2.92. The van der Waals surface area contributed by atoms with Gasteiger partial charge in [0, 0.05) is 22.8 Å². The van der Waals surface area contributed by atoms with E-state index in [2.05, 4.69) is 21.2 Å². The molecule has 0 aromatic heterocycles. The summed E-state index contributed by atoms with van der Waals surface area (Å²) in [7, 11) is 1.57. The Bertz CT molecular complexity index is 548. The van der Waals surface area contributed by atoms with Gasteiger partial charge in [-0.15, -0.1) is 0 Å². The summed E-state index contributed by atoms with van der Waals surface area (Å²) in [6.45, 7) is 0.348. The molecule has 1 aromatic rings. The Hall–Kier alpha value is -1.44. The maximum absolute atomic E-state index is 12.2. The Morgan fingerprint density at radius 3 is 2.76 bits per heavy atom. The minimum Gasteiger partial charge on any atom is -0.479 e. The van der Waals surface area contributed by atoms with Crippen LogP contribution in [0, 0.1) is 0 Å². The zero-order chi connectivity index (χ0) is 15.4. The third-order valence-corrected chi connectivity index (χ3v) is 4.00. The molecular weight excluding hydrogens is 342 g/mol. The van der Waals surface area contributed by atoms with E-state index in [1.807, 2.05) is 6.07 Å². The number of nitrogens with one attached hydrogen (secondary N) is 1. The van der Waals surface area contributed by atoms with Gasteiger partial charge in [0.2, 0.25) is 0 Å². The summed E-state index contributed by atoms with van der Waals surface area (Å²) in [5.41, 5.74) is 1.44. The van der Waals surface area contributed by atoms with Crippen LogP contribution in [0.15, 0.2) is 22.7 Å². The molecule has 0 spiro atoms. The van der Waals surface area contributed by atoms with Crippen molar-refractivity contribution in [3.63, 3.8) is 0 Å². The molecule has 1 saturated heterocycles. The predicted octanol–water partition coefficient (Wildman–Crippen LogP) is 2.17. The van der Waals surface area contributed by atoms with Gasteiger partial charge >= 0.3 is 5.97 Å². The molecule has 0 radical (unpaired) electrons. The summed E-state index contributed by atoms with van der Waals surface area (Å²) in [6.07, 6.45) is -0.894. The first-order valence-corrected chi connectivity index (χ1v) is 7.27. The molecule has 2 N–H and O–H groups in total. The molecule has 1 fully saturated rings. The van der Waals surface area contributed by atoms with E-state index in [4.69, 9.17) is 14.6 Å². The molecule has 1 aliphatic heterocycles. The highest BCUT2D eigenvalue weighted by molar-refractivity contribution is 9.10. The number of rotatable bonds is 5. The van der Waals surface area contributed by atoms with Crippen molar-refractivity contribution in [2.24, 2.45) is 0 Å². The highest BCUT2D eigenvalue weighted by Crippen LogP contribution is 2.27. The van der Waals surface area contributed by atoms with Gasteiger partial charge < -0.3 is 19.9 Å². The van der Waals surface area contributed by atoms with Gasteiger partial charge in [0.25, 0.3) is 5.91 Å². The van der Waals surface area contributed by atoms with Crippen molar-refractivity contribution in [2.75, 3.05) is 12.4 Å². The van der Waals surface area contributed by atoms with Gasteiger partial charge in [-0.2, -0.15) is 0 Å². The van der Waals surface area contributed by atoms with Crippen LogP contribution >= 0.6 is 15.9 Å². The maximum atomic E-state index is 12.2. The first-order chi connectivity index (χ1) is 10.0. The Morgan fingerprint density at radius 1 is 1.43 bits per heavy atom. The fourth-order valence-corrected chi connectivity index (χ4v) is 2.67. The minimum atomic E-state index is -1.03. The van der Waals surface area contributed by atoms with Crippen LogP contribution in [0.3, 0.4) is 0 Å². The number of carbonyl (C=O) groups excluding carboxylic acids is 1. The Morgan fingerprint density at radius 2 is 2.14 bits per heavy atom. The van der Waals surface area contributed by atoms with E-state index in [1.54, 1.807) is 19.2 Å². The average molecular weight is 358 g/mol. The molecule has 0 saturated carbocycles. The first kappa shape index (κ1) is 15.9. The van der Waals surface area contributed by atoms with Crippen LogP contribution in [-0.4, -0.2) is 36.3 Å². The normalized spacial score (nSPS) is 21.2. The summed E-state index contributed by atoms with van der Waals surface area (Å²) < 4.78 is 11.2. The number of aliphatic carboxylic acids is 1. The van der Waals surface area contributed by atoms with Crippen molar-refractivity contribution in [3.8, 4) is 0 Å². The molecule has 2 atom stereocenters. The van der Waals surface area contributed by atoms with Gasteiger partial charge in [0.15, 0.2) is 6.10 Å². The quantitative estimate of drug-likeness (QED) is 0.843. The van der Waals surface area contributed by atoms with E-state index in [9.17, 15) is 9.59 Å². The number of carboxylic acid groups (broad SMARTS) is 1. The topological polar surface area (TPSA) is 84.9 Å². The lowest BCUT2D eigenvalue weighted by Crippen LogP contribution is -2.30. The molecule has 0 unspecified atom stereocenters. The fourth-order valence-electron chi connectivity index (χ4n) is 2.19. The molecule has 2 rings (SSSR count). The van der Waals surface area contributed by atoms with Gasteiger partial charge in [-0.05, 0) is 25.0 Å². The van der Waals surface area contributed by atoms with Crippen LogP contribution in [0.1, 0.15) is 18.4 Å². The number of methoxy groups -OCH3 is 1. The first-order valence-electron chi connectivity index (χ1n) is 6.48. The van der Waals surface area contributed by atoms with E-state index < -0.39 is 18.2 Å². The molecule has 1 aromatic carbocycles. The second kappa shape index (κ2) is 7.02. The second-order valence-electron chi connectivity index (χ2n) is 4.72. The standard InChI is InChI=1S/C14H16BrNO5/c1-20-7-8-9(15)3-2-4-10(8)16-13(17)11-5-6-12(21-11)14(18)19/h2-4,11-12H,5-7H2,1H3,(H,16,17)(H,18,19)/t11-,12+/m0/s1. The molecular formula is C14H16BrNO5. The summed E-state index contributed by atoms with van der Waals surface area (Å²) >= 11 is 3.41. The number of amides is 1. The van der Waals surface area contributed by atoms with Crippen molar-refractivity contribution in [2.45, 2.75) is 31.7 Å². The Kier molecular flexibility index (Phi) is 5.33. The molecule has 1 heterocycles. The number of ether oxygens (including phenoxy) is 2. The zero-order valence-corrected chi connectivity index (χ0v) is 13.1. The number of anilines is 1. The number of hydrogen-bond donors (Lipinski definition) is 2. The molecule has 114 valence electrons. The van der Waals surface area contributed by atoms with E-state index in [0.717, 1.165) is 10.0 Å². The molecule has 0 aliphatic carbocycles. The summed E-state index contributed by atoms with van der Waals surface area (Å²) in [5.74, 6) is -1.37. The van der Waals surface area contributed by atoms with Crippen molar-refractivity contribution in [3.05, 3.63) is 28.2 Å². The van der Waals surface area contributed by atoms with Crippen molar-refractivity contribution < 1.29 is 24.2 Å². The van der Waals surface area contributed by atoms with Crippen LogP contribution in [0.2, 0.25) is 0 Å². The highest BCUT2D eigenvalue weighted by Gasteiger charge is 2.34. The molecule has 1 amide bonds. The predicted molar refractivity (Wildman–Crippen MR) is 79.0 cm³/mol. The molecule has 7 heteroatoms. The van der Waals surface area contributed by atoms with E-state index in [-0.39, 0.29) is 5.91 Å². The third-order valence-electron chi connectivity index (χ3n) is 3.25. The monoisotopic (exact) mass is 357 g/mol. The van der Waals surface area contributed by atoms with Crippen LogP contribution < -0.4 is 5.32 Å². The van der Waals surface area contributed by atoms with Crippen LogP contribution in [-0.2, 0) is 25.7 Å². The van der Waals surface area contributed by atoms with Gasteiger partial charge in [-0.3, -0.25) is 4.79 Å². The van der Waals surface area contributed by atoms with Gasteiger partial charge in [-0.25, -0.2) is 4.79 Å². The van der Waals surface area contributed by atoms with Crippen LogP contribution in [0.25, 0.3) is 0 Å². The Balaban J connectivity index is 2.07. The smallest absolute Gasteiger partial charge is 0.332 e.